The maximum Gasteiger partial charge on any atom is 4.00 e. The third kappa shape index (κ3) is 243. The zero-order valence-electron chi connectivity index (χ0n) is 5.39. The van der Waals surface area contributed by atoms with Gasteiger partial charge in [-0.25, -0.2) is 0 Å². The van der Waals surface area contributed by atoms with E-state index in [1.54, 1.807) is 28.2 Å². The first-order valence-corrected chi connectivity index (χ1v) is 1.79. The molecule has 7 heavy (non-hydrogen) atoms. The summed E-state index contributed by atoms with van der Waals surface area (Å²) in [6, 6.07) is 0. The van der Waals surface area contributed by atoms with E-state index in [-0.39, 0.29) is 26.2 Å². The number of hydrogen-bond acceptors (Lipinski definition) is 0. The number of hydrogen-bond donors (Lipinski definition) is 0. The standard InChI is InChI=1S/2C2H6N.Zr/c2*1-3-2;/h2*1-2H3;/q2*-1;+4. The van der Waals surface area contributed by atoms with E-state index in [0.29, 0.717) is 0 Å². The van der Waals surface area contributed by atoms with Crippen LogP contribution in [0.25, 0.3) is 10.6 Å². The van der Waals surface area contributed by atoms with Gasteiger partial charge in [-0.3, -0.25) is 0 Å². The quantitative estimate of drug-likeness (QED) is 0.535. The van der Waals surface area contributed by atoms with Crippen LogP contribution in [0, 0.1) is 0 Å². The van der Waals surface area contributed by atoms with Crippen LogP contribution in [-0.4, -0.2) is 28.2 Å². The molecule has 0 aromatic rings. The minimum Gasteiger partial charge on any atom is -0.668 e. The molecule has 3 heteroatoms. The Hall–Kier alpha value is 0.803. The predicted octanol–water partition coefficient (Wildman–Crippen LogP) is 1.24. The van der Waals surface area contributed by atoms with Crippen LogP contribution in [0.4, 0.5) is 0 Å². The molecule has 0 aliphatic heterocycles. The first-order valence-electron chi connectivity index (χ1n) is 1.79. The molecule has 0 saturated heterocycles. The largest absolute Gasteiger partial charge is 4.00 e. The van der Waals surface area contributed by atoms with Gasteiger partial charge in [-0.05, 0) is 0 Å². The summed E-state index contributed by atoms with van der Waals surface area (Å²) in [5.74, 6) is 0. The normalized spacial score (nSPS) is 5.14. The minimum absolute atomic E-state index is 0. The average molecular weight is 179 g/mol. The predicted molar refractivity (Wildman–Crippen MR) is 30.4 cm³/mol. The molecule has 0 aromatic carbocycles. The third-order valence-electron chi connectivity index (χ3n) is 0. The number of nitrogens with zero attached hydrogens (tertiary/aromatic N) is 2. The van der Waals surface area contributed by atoms with Gasteiger partial charge in [0.2, 0.25) is 0 Å². The molecular weight excluding hydrogens is 167 g/mol. The van der Waals surface area contributed by atoms with Gasteiger partial charge in [0.05, 0.1) is 0 Å². The fourth-order valence-corrected chi connectivity index (χ4v) is 0. The zero-order chi connectivity index (χ0) is 5.41. The topological polar surface area (TPSA) is 28.2 Å². The summed E-state index contributed by atoms with van der Waals surface area (Å²) < 4.78 is 0. The molecule has 0 saturated carbocycles. The molecule has 0 N–H and O–H groups in total. The van der Waals surface area contributed by atoms with Crippen molar-refractivity contribution in [3.8, 4) is 0 Å². The summed E-state index contributed by atoms with van der Waals surface area (Å²) in [5, 5.41) is 7.00. The molecule has 0 atom stereocenters. The van der Waals surface area contributed by atoms with Crippen molar-refractivity contribution in [2.45, 2.75) is 0 Å². The van der Waals surface area contributed by atoms with Gasteiger partial charge in [-0.2, -0.15) is 28.2 Å². The molecule has 0 aliphatic rings. The van der Waals surface area contributed by atoms with Crippen LogP contribution in [0.1, 0.15) is 0 Å². The van der Waals surface area contributed by atoms with Gasteiger partial charge in [-0.1, -0.05) is 0 Å². The Morgan fingerprint density at radius 2 is 0.714 bits per heavy atom. The fraction of sp³-hybridized carbons (Fsp3) is 1.00. The third-order valence-corrected chi connectivity index (χ3v) is 0. The molecule has 0 spiro atoms. The van der Waals surface area contributed by atoms with E-state index in [1.165, 1.54) is 0 Å². The van der Waals surface area contributed by atoms with Crippen molar-refractivity contribution in [1.29, 1.82) is 0 Å². The average Bonchev–Trinajstić information content (AvgIpc) is 1.39. The van der Waals surface area contributed by atoms with Crippen LogP contribution >= 0.6 is 0 Å². The molecule has 0 heterocycles. The van der Waals surface area contributed by atoms with Crippen molar-refractivity contribution in [2.75, 3.05) is 28.2 Å². The second-order valence-corrected chi connectivity index (χ2v) is 0.894. The summed E-state index contributed by atoms with van der Waals surface area (Å²) in [6.45, 7) is 0. The fourth-order valence-electron chi connectivity index (χ4n) is 0. The van der Waals surface area contributed by atoms with E-state index in [9.17, 15) is 0 Å². The van der Waals surface area contributed by atoms with Crippen molar-refractivity contribution < 1.29 is 26.2 Å². The van der Waals surface area contributed by atoms with Gasteiger partial charge in [0.1, 0.15) is 0 Å². The molecule has 0 bridgehead atoms. The second-order valence-electron chi connectivity index (χ2n) is 0.894. The van der Waals surface area contributed by atoms with Crippen LogP contribution in [-0.2, 0) is 26.2 Å². The molecule has 0 rings (SSSR count). The SMILES string of the molecule is C[N-]C.C[N-]C.[Zr+4]. The van der Waals surface area contributed by atoms with E-state index in [4.69, 9.17) is 0 Å². The number of rotatable bonds is 0. The van der Waals surface area contributed by atoms with E-state index in [2.05, 4.69) is 10.6 Å². The Balaban J connectivity index is -0.0000000400. The van der Waals surface area contributed by atoms with Crippen molar-refractivity contribution in [2.24, 2.45) is 0 Å². The Morgan fingerprint density at radius 3 is 0.714 bits per heavy atom. The van der Waals surface area contributed by atoms with Crippen LogP contribution in [0.15, 0.2) is 0 Å². The van der Waals surface area contributed by atoms with Crippen LogP contribution in [0.5, 0.6) is 0 Å². The molecule has 0 aliphatic carbocycles. The molecule has 0 radical (unpaired) electrons. The summed E-state index contributed by atoms with van der Waals surface area (Å²) in [6.07, 6.45) is 0. The van der Waals surface area contributed by atoms with E-state index in [0.717, 1.165) is 0 Å². The van der Waals surface area contributed by atoms with Crippen LogP contribution in [0.2, 0.25) is 0 Å². The minimum atomic E-state index is 0. The van der Waals surface area contributed by atoms with E-state index in [1.807, 2.05) is 0 Å². The smallest absolute Gasteiger partial charge is 0.668 e. The molecule has 40 valence electrons. The Kier molecular flexibility index (Phi) is 65.2. The van der Waals surface area contributed by atoms with Gasteiger partial charge in [0.15, 0.2) is 0 Å². The van der Waals surface area contributed by atoms with Crippen LogP contribution < -0.4 is 0 Å². The first-order chi connectivity index (χ1) is 2.83. The zero-order valence-corrected chi connectivity index (χ0v) is 7.85. The summed E-state index contributed by atoms with van der Waals surface area (Å²) in [4.78, 5) is 0. The maximum atomic E-state index is 3.50. The van der Waals surface area contributed by atoms with E-state index < -0.39 is 0 Å². The van der Waals surface area contributed by atoms with Gasteiger partial charge < -0.3 is 10.6 Å². The monoisotopic (exact) mass is 178 g/mol. The Bertz CT molecular complexity index is 11.7. The van der Waals surface area contributed by atoms with Gasteiger partial charge in [-0.15, -0.1) is 0 Å². The van der Waals surface area contributed by atoms with E-state index >= 15 is 0 Å². The van der Waals surface area contributed by atoms with Crippen molar-refractivity contribution >= 4 is 0 Å². The van der Waals surface area contributed by atoms with Crippen molar-refractivity contribution in [1.82, 2.24) is 0 Å². The molecule has 0 aromatic heterocycles. The van der Waals surface area contributed by atoms with Gasteiger partial charge in [0, 0.05) is 0 Å². The Labute approximate surface area is 65.2 Å². The second kappa shape index (κ2) is 29.2. The van der Waals surface area contributed by atoms with Gasteiger partial charge >= 0.3 is 26.2 Å². The first kappa shape index (κ1) is 15.7. The Morgan fingerprint density at radius 1 is 0.714 bits per heavy atom. The summed E-state index contributed by atoms with van der Waals surface area (Å²) >= 11 is 0. The van der Waals surface area contributed by atoms with Crippen molar-refractivity contribution in [3.63, 3.8) is 0 Å². The van der Waals surface area contributed by atoms with Gasteiger partial charge in [0.25, 0.3) is 0 Å². The summed E-state index contributed by atoms with van der Waals surface area (Å²) in [7, 11) is 7.00. The van der Waals surface area contributed by atoms with Crippen LogP contribution in [0.3, 0.4) is 0 Å². The molecule has 0 amide bonds. The molecule has 0 unspecified atom stereocenters. The molecular formula is C4H12N2Zr+2. The maximum absolute atomic E-state index is 3.50. The summed E-state index contributed by atoms with van der Waals surface area (Å²) in [5.41, 5.74) is 0. The molecule has 0 fully saturated rings. The molecule has 2 nitrogen and oxygen atoms in total. The van der Waals surface area contributed by atoms with Crippen molar-refractivity contribution in [3.05, 3.63) is 10.6 Å².